The van der Waals surface area contributed by atoms with E-state index < -0.39 is 0 Å². The van der Waals surface area contributed by atoms with Crippen molar-refractivity contribution >= 4 is 0 Å². The van der Waals surface area contributed by atoms with Gasteiger partial charge in [0.2, 0.25) is 0 Å². The van der Waals surface area contributed by atoms with Crippen LogP contribution in [0, 0.1) is 5.92 Å². The maximum absolute atomic E-state index is 8.89. The Morgan fingerprint density at radius 2 is 2.06 bits per heavy atom. The Labute approximate surface area is 110 Å². The third-order valence-electron chi connectivity index (χ3n) is 3.06. The quantitative estimate of drug-likeness (QED) is 0.628. The fourth-order valence-corrected chi connectivity index (χ4v) is 1.84. The van der Waals surface area contributed by atoms with E-state index in [4.69, 9.17) is 9.84 Å². The van der Waals surface area contributed by atoms with Crippen molar-refractivity contribution in [3.63, 3.8) is 0 Å². The minimum atomic E-state index is 0.289. The van der Waals surface area contributed by atoms with E-state index in [1.165, 1.54) is 0 Å². The zero-order valence-electron chi connectivity index (χ0n) is 11.3. The zero-order valence-corrected chi connectivity index (χ0v) is 11.3. The predicted octanol–water partition coefficient (Wildman–Crippen LogP) is 2.45. The number of para-hydroxylation sites is 1. The minimum Gasteiger partial charge on any atom is -0.494 e. The van der Waals surface area contributed by atoms with E-state index in [1.54, 1.807) is 0 Å². The molecule has 0 fully saturated rings. The highest BCUT2D eigenvalue weighted by atomic mass is 16.5. The second-order valence-corrected chi connectivity index (χ2v) is 4.51. The van der Waals surface area contributed by atoms with Gasteiger partial charge >= 0.3 is 0 Å². The molecule has 0 aliphatic carbocycles. The number of aliphatic hydroxyl groups is 1. The molecule has 0 bridgehead atoms. The molecule has 0 aliphatic heterocycles. The summed E-state index contributed by atoms with van der Waals surface area (Å²) in [6.07, 6.45) is 3.02. The van der Waals surface area contributed by atoms with Gasteiger partial charge in [0.05, 0.1) is 6.61 Å². The molecule has 1 unspecified atom stereocenters. The molecule has 18 heavy (non-hydrogen) atoms. The van der Waals surface area contributed by atoms with Crippen molar-refractivity contribution in [3.8, 4) is 5.75 Å². The Balaban J connectivity index is 1.98. The number of nitrogens with one attached hydrogen (secondary N) is 1. The third-order valence-corrected chi connectivity index (χ3v) is 3.06. The zero-order chi connectivity index (χ0) is 13.1. The molecule has 0 radical (unpaired) electrons. The van der Waals surface area contributed by atoms with Gasteiger partial charge in [-0.1, -0.05) is 31.5 Å². The topological polar surface area (TPSA) is 41.5 Å². The first-order chi connectivity index (χ1) is 8.86. The van der Waals surface area contributed by atoms with Gasteiger partial charge in [0.15, 0.2) is 0 Å². The average Bonchev–Trinajstić information content (AvgIpc) is 2.42. The van der Waals surface area contributed by atoms with Crippen LogP contribution in [0.1, 0.15) is 26.2 Å². The smallest absolute Gasteiger partial charge is 0.119 e. The molecule has 1 aromatic carbocycles. The standard InChI is InChI=1S/C15H25NO2/c1-2-14(9-11-17)13-16-10-6-12-18-15-7-4-3-5-8-15/h3-5,7-8,14,16-17H,2,6,9-13H2,1H3. The second kappa shape index (κ2) is 9.92. The van der Waals surface area contributed by atoms with Crippen molar-refractivity contribution in [3.05, 3.63) is 30.3 Å². The first kappa shape index (κ1) is 15.0. The summed E-state index contributed by atoms with van der Waals surface area (Å²) in [4.78, 5) is 0. The van der Waals surface area contributed by atoms with Crippen LogP contribution in [0.5, 0.6) is 5.75 Å². The SMILES string of the molecule is CCC(CCO)CNCCCOc1ccccc1. The van der Waals surface area contributed by atoms with E-state index in [0.717, 1.165) is 44.7 Å². The summed E-state index contributed by atoms with van der Waals surface area (Å²) in [5.41, 5.74) is 0. The molecule has 1 rings (SSSR count). The van der Waals surface area contributed by atoms with Crippen LogP contribution in [-0.4, -0.2) is 31.4 Å². The summed E-state index contributed by atoms with van der Waals surface area (Å²) in [7, 11) is 0. The van der Waals surface area contributed by atoms with Crippen LogP contribution in [0.4, 0.5) is 0 Å². The summed E-state index contributed by atoms with van der Waals surface area (Å²) in [5, 5.41) is 12.3. The third kappa shape index (κ3) is 6.62. The highest BCUT2D eigenvalue weighted by molar-refractivity contribution is 5.20. The summed E-state index contributed by atoms with van der Waals surface area (Å²) in [6.45, 7) is 5.16. The van der Waals surface area contributed by atoms with Crippen molar-refractivity contribution in [2.45, 2.75) is 26.2 Å². The summed E-state index contributed by atoms with van der Waals surface area (Å²) in [6, 6.07) is 9.90. The molecular weight excluding hydrogens is 226 g/mol. The van der Waals surface area contributed by atoms with E-state index in [1.807, 2.05) is 30.3 Å². The highest BCUT2D eigenvalue weighted by Gasteiger charge is 2.04. The molecule has 0 saturated heterocycles. The van der Waals surface area contributed by atoms with Gasteiger partial charge in [0.25, 0.3) is 0 Å². The lowest BCUT2D eigenvalue weighted by molar-refractivity contribution is 0.249. The lowest BCUT2D eigenvalue weighted by Crippen LogP contribution is -2.25. The van der Waals surface area contributed by atoms with Gasteiger partial charge in [-0.3, -0.25) is 0 Å². The van der Waals surface area contributed by atoms with Gasteiger partial charge in [-0.25, -0.2) is 0 Å². The van der Waals surface area contributed by atoms with Gasteiger partial charge in [-0.15, -0.1) is 0 Å². The Morgan fingerprint density at radius 3 is 2.72 bits per heavy atom. The van der Waals surface area contributed by atoms with Crippen LogP contribution in [-0.2, 0) is 0 Å². The maximum atomic E-state index is 8.89. The average molecular weight is 251 g/mol. The molecule has 2 N–H and O–H groups in total. The molecule has 3 heteroatoms. The summed E-state index contributed by atoms with van der Waals surface area (Å²) >= 11 is 0. The van der Waals surface area contributed by atoms with E-state index in [9.17, 15) is 0 Å². The van der Waals surface area contributed by atoms with Crippen LogP contribution in [0.3, 0.4) is 0 Å². The molecule has 0 aromatic heterocycles. The van der Waals surface area contributed by atoms with Gasteiger partial charge in [-0.05, 0) is 44.0 Å². The molecule has 0 saturated carbocycles. The van der Waals surface area contributed by atoms with Crippen LogP contribution >= 0.6 is 0 Å². The van der Waals surface area contributed by atoms with Crippen molar-refractivity contribution < 1.29 is 9.84 Å². The molecule has 1 aromatic rings. The molecule has 102 valence electrons. The molecule has 0 aliphatic rings. The predicted molar refractivity (Wildman–Crippen MR) is 74.9 cm³/mol. The Kier molecular flexibility index (Phi) is 8.26. The lowest BCUT2D eigenvalue weighted by atomic mass is 10.0. The van der Waals surface area contributed by atoms with Crippen LogP contribution in [0.15, 0.2) is 30.3 Å². The second-order valence-electron chi connectivity index (χ2n) is 4.51. The first-order valence-corrected chi connectivity index (χ1v) is 6.86. The number of aliphatic hydroxyl groups excluding tert-OH is 1. The first-order valence-electron chi connectivity index (χ1n) is 6.86. The van der Waals surface area contributed by atoms with Crippen molar-refractivity contribution in [1.29, 1.82) is 0 Å². The molecule has 0 amide bonds. The van der Waals surface area contributed by atoms with Crippen LogP contribution in [0.2, 0.25) is 0 Å². The van der Waals surface area contributed by atoms with Crippen LogP contribution < -0.4 is 10.1 Å². The summed E-state index contributed by atoms with van der Waals surface area (Å²) < 4.78 is 5.61. The van der Waals surface area contributed by atoms with Crippen molar-refractivity contribution in [2.24, 2.45) is 5.92 Å². The number of rotatable bonds is 10. The molecule has 1 atom stereocenters. The fraction of sp³-hybridized carbons (Fsp3) is 0.600. The van der Waals surface area contributed by atoms with Gasteiger partial charge in [0.1, 0.15) is 5.75 Å². The number of benzene rings is 1. The normalized spacial score (nSPS) is 12.3. The fourth-order valence-electron chi connectivity index (χ4n) is 1.84. The Morgan fingerprint density at radius 1 is 1.28 bits per heavy atom. The van der Waals surface area contributed by atoms with E-state index >= 15 is 0 Å². The van der Waals surface area contributed by atoms with Gasteiger partial charge in [-0.2, -0.15) is 0 Å². The molecule has 3 nitrogen and oxygen atoms in total. The van der Waals surface area contributed by atoms with E-state index in [-0.39, 0.29) is 6.61 Å². The molecular formula is C15H25NO2. The molecule has 0 heterocycles. The van der Waals surface area contributed by atoms with Crippen LogP contribution in [0.25, 0.3) is 0 Å². The largest absolute Gasteiger partial charge is 0.494 e. The number of hydrogen-bond acceptors (Lipinski definition) is 3. The van der Waals surface area contributed by atoms with Gasteiger partial charge in [0, 0.05) is 6.61 Å². The number of hydrogen-bond donors (Lipinski definition) is 2. The van der Waals surface area contributed by atoms with Gasteiger partial charge < -0.3 is 15.2 Å². The maximum Gasteiger partial charge on any atom is 0.119 e. The van der Waals surface area contributed by atoms with E-state index in [2.05, 4.69) is 12.2 Å². The number of ether oxygens (including phenoxy) is 1. The molecule has 0 spiro atoms. The Hall–Kier alpha value is -1.06. The highest BCUT2D eigenvalue weighted by Crippen LogP contribution is 2.08. The van der Waals surface area contributed by atoms with Crippen molar-refractivity contribution in [2.75, 3.05) is 26.3 Å². The minimum absolute atomic E-state index is 0.289. The Bertz CT molecular complexity index is 290. The summed E-state index contributed by atoms with van der Waals surface area (Å²) in [5.74, 6) is 1.52. The monoisotopic (exact) mass is 251 g/mol. The van der Waals surface area contributed by atoms with Crippen molar-refractivity contribution in [1.82, 2.24) is 5.32 Å². The van der Waals surface area contributed by atoms with E-state index in [0.29, 0.717) is 5.92 Å². The lowest BCUT2D eigenvalue weighted by Gasteiger charge is -2.14.